The highest BCUT2D eigenvalue weighted by Gasteiger charge is 2.39. The molecule has 0 aromatic heterocycles. The summed E-state index contributed by atoms with van der Waals surface area (Å²) in [7, 11) is 1.60. The molecular weight excluding hydrogens is 274 g/mol. The molecule has 2 N–H and O–H groups in total. The van der Waals surface area contributed by atoms with Gasteiger partial charge in [-0.1, -0.05) is 6.92 Å². The number of nitrogens with zero attached hydrogens (tertiary/aromatic N) is 2. The zero-order valence-electron chi connectivity index (χ0n) is 12.5. The van der Waals surface area contributed by atoms with Crippen molar-refractivity contribution in [2.24, 2.45) is 17.8 Å². The summed E-state index contributed by atoms with van der Waals surface area (Å²) < 4.78 is 0. The van der Waals surface area contributed by atoms with Crippen LogP contribution in [0.5, 0.6) is 0 Å². The lowest BCUT2D eigenvalue weighted by atomic mass is 9.97. The van der Waals surface area contributed by atoms with Gasteiger partial charge < -0.3 is 20.2 Å². The maximum Gasteiger partial charge on any atom is 0.320 e. The van der Waals surface area contributed by atoms with Crippen LogP contribution in [0.15, 0.2) is 0 Å². The lowest BCUT2D eigenvalue weighted by molar-refractivity contribution is -0.142. The smallest absolute Gasteiger partial charge is 0.320 e. The van der Waals surface area contributed by atoms with Crippen LogP contribution < -0.4 is 5.32 Å². The van der Waals surface area contributed by atoms with Crippen molar-refractivity contribution in [1.29, 1.82) is 0 Å². The first-order valence-electron chi connectivity index (χ1n) is 7.42. The molecule has 0 spiro atoms. The molecule has 7 nitrogen and oxygen atoms in total. The van der Waals surface area contributed by atoms with Gasteiger partial charge in [0.25, 0.3) is 0 Å². The number of carbonyl (C=O) groups excluding carboxylic acids is 2. The molecule has 7 heteroatoms. The van der Waals surface area contributed by atoms with Crippen molar-refractivity contribution in [3.05, 3.63) is 0 Å². The maximum atomic E-state index is 12.5. The summed E-state index contributed by atoms with van der Waals surface area (Å²) in [6, 6.07) is -0.140. The molecule has 2 saturated heterocycles. The van der Waals surface area contributed by atoms with E-state index in [-0.39, 0.29) is 30.3 Å². The summed E-state index contributed by atoms with van der Waals surface area (Å²) in [5, 5.41) is 11.8. The zero-order valence-corrected chi connectivity index (χ0v) is 12.5. The van der Waals surface area contributed by atoms with Crippen LogP contribution in [0.2, 0.25) is 0 Å². The number of hydrogen-bond donors (Lipinski definition) is 2. The molecule has 3 amide bonds. The second-order valence-electron chi connectivity index (χ2n) is 6.01. The summed E-state index contributed by atoms with van der Waals surface area (Å²) in [5.41, 5.74) is 0. The molecular formula is C14H23N3O4. The van der Waals surface area contributed by atoms with Gasteiger partial charge in [0, 0.05) is 33.2 Å². The van der Waals surface area contributed by atoms with Crippen LogP contribution in [0, 0.1) is 17.8 Å². The third-order valence-electron chi connectivity index (χ3n) is 4.51. The number of hydrogen-bond acceptors (Lipinski definition) is 3. The Morgan fingerprint density at radius 3 is 2.43 bits per heavy atom. The molecule has 0 aromatic rings. The van der Waals surface area contributed by atoms with Crippen molar-refractivity contribution in [3.8, 4) is 0 Å². The number of likely N-dealkylation sites (tertiary alicyclic amines) is 2. The van der Waals surface area contributed by atoms with Gasteiger partial charge >= 0.3 is 12.0 Å². The monoisotopic (exact) mass is 297 g/mol. The van der Waals surface area contributed by atoms with Crippen molar-refractivity contribution in [1.82, 2.24) is 15.1 Å². The third kappa shape index (κ3) is 3.28. The van der Waals surface area contributed by atoms with Gasteiger partial charge in [0.2, 0.25) is 5.91 Å². The number of aliphatic carboxylic acids is 1. The highest BCUT2D eigenvalue weighted by molar-refractivity contribution is 5.81. The van der Waals surface area contributed by atoms with Crippen LogP contribution >= 0.6 is 0 Å². The van der Waals surface area contributed by atoms with E-state index in [1.54, 1.807) is 16.8 Å². The highest BCUT2D eigenvalue weighted by atomic mass is 16.4. The van der Waals surface area contributed by atoms with Crippen molar-refractivity contribution in [2.75, 3.05) is 33.2 Å². The van der Waals surface area contributed by atoms with Crippen LogP contribution in [0.25, 0.3) is 0 Å². The number of piperidine rings is 1. The lowest BCUT2D eigenvalue weighted by Crippen LogP contribution is -2.49. The Balaban J connectivity index is 1.97. The van der Waals surface area contributed by atoms with Crippen LogP contribution in [0.3, 0.4) is 0 Å². The van der Waals surface area contributed by atoms with Gasteiger partial charge in [0.05, 0.1) is 11.8 Å². The van der Waals surface area contributed by atoms with Gasteiger partial charge in [-0.2, -0.15) is 0 Å². The second kappa shape index (κ2) is 6.32. The third-order valence-corrected chi connectivity index (χ3v) is 4.51. The van der Waals surface area contributed by atoms with Crippen LogP contribution in [-0.2, 0) is 9.59 Å². The molecule has 118 valence electrons. The van der Waals surface area contributed by atoms with Crippen LogP contribution in [-0.4, -0.2) is 66.0 Å². The predicted octanol–water partition coefficient (Wildman–Crippen LogP) is 0.217. The average Bonchev–Trinajstić information content (AvgIpc) is 2.88. The molecule has 2 rings (SSSR count). The largest absolute Gasteiger partial charge is 0.481 e. The summed E-state index contributed by atoms with van der Waals surface area (Å²) in [5.74, 6) is -1.58. The van der Waals surface area contributed by atoms with Crippen LogP contribution in [0.1, 0.15) is 19.8 Å². The Kier molecular flexibility index (Phi) is 4.69. The molecule has 0 aliphatic carbocycles. The molecule has 0 bridgehead atoms. The van der Waals surface area contributed by atoms with Gasteiger partial charge in [-0.25, -0.2) is 4.79 Å². The lowest BCUT2D eigenvalue weighted by Gasteiger charge is -2.34. The molecule has 2 heterocycles. The zero-order chi connectivity index (χ0) is 15.6. The van der Waals surface area contributed by atoms with E-state index in [0.717, 1.165) is 12.8 Å². The van der Waals surface area contributed by atoms with Gasteiger partial charge in [-0.3, -0.25) is 9.59 Å². The van der Waals surface area contributed by atoms with Crippen molar-refractivity contribution in [2.45, 2.75) is 19.8 Å². The topological polar surface area (TPSA) is 90.0 Å². The van der Waals surface area contributed by atoms with E-state index in [2.05, 4.69) is 5.32 Å². The van der Waals surface area contributed by atoms with Gasteiger partial charge in [0.15, 0.2) is 0 Å². The minimum absolute atomic E-state index is 0.0361. The predicted molar refractivity (Wildman–Crippen MR) is 75.6 cm³/mol. The summed E-state index contributed by atoms with van der Waals surface area (Å²) in [6.07, 6.45) is 1.59. The first kappa shape index (κ1) is 15.6. The fourth-order valence-electron chi connectivity index (χ4n) is 3.21. The molecule has 2 aliphatic heterocycles. The number of carbonyl (C=O) groups is 3. The number of rotatable bonds is 2. The van der Waals surface area contributed by atoms with E-state index in [4.69, 9.17) is 5.11 Å². The summed E-state index contributed by atoms with van der Waals surface area (Å²) in [4.78, 5) is 38.6. The Morgan fingerprint density at radius 1 is 1.14 bits per heavy atom. The quantitative estimate of drug-likeness (QED) is 0.763. The number of carboxylic acids is 1. The fraction of sp³-hybridized carbons (Fsp3) is 0.786. The van der Waals surface area contributed by atoms with E-state index in [1.807, 2.05) is 6.92 Å². The van der Waals surface area contributed by atoms with E-state index in [1.165, 1.54) is 0 Å². The molecule has 3 atom stereocenters. The number of urea groups is 1. The molecule has 2 aliphatic rings. The van der Waals surface area contributed by atoms with E-state index in [9.17, 15) is 14.4 Å². The number of carboxylic acid groups (broad SMARTS) is 1. The van der Waals surface area contributed by atoms with E-state index < -0.39 is 11.9 Å². The molecule has 3 unspecified atom stereocenters. The Morgan fingerprint density at radius 2 is 1.86 bits per heavy atom. The van der Waals surface area contributed by atoms with Crippen LogP contribution in [0.4, 0.5) is 4.79 Å². The van der Waals surface area contributed by atoms with E-state index >= 15 is 0 Å². The first-order chi connectivity index (χ1) is 9.93. The SMILES string of the molecule is CNC(=O)C1CCCN(C(=O)N2CC(C)C(C(=O)O)C2)C1. The number of nitrogens with one attached hydrogen (secondary N) is 1. The highest BCUT2D eigenvalue weighted by Crippen LogP contribution is 2.26. The van der Waals surface area contributed by atoms with Gasteiger partial charge in [-0.15, -0.1) is 0 Å². The molecule has 2 fully saturated rings. The summed E-state index contributed by atoms with van der Waals surface area (Å²) >= 11 is 0. The standard InChI is InChI=1S/C14H23N3O4/c1-9-6-17(8-11(9)13(19)20)14(21)16-5-3-4-10(7-16)12(18)15-2/h9-11H,3-8H2,1-2H3,(H,15,18)(H,19,20). The maximum absolute atomic E-state index is 12.5. The Bertz CT molecular complexity index is 440. The second-order valence-corrected chi connectivity index (χ2v) is 6.01. The molecule has 0 radical (unpaired) electrons. The van der Waals surface area contributed by atoms with Gasteiger partial charge in [-0.05, 0) is 18.8 Å². The van der Waals surface area contributed by atoms with Gasteiger partial charge in [0.1, 0.15) is 0 Å². The summed E-state index contributed by atoms with van der Waals surface area (Å²) in [6.45, 7) is 3.64. The van der Waals surface area contributed by atoms with Crippen molar-refractivity contribution < 1.29 is 19.5 Å². The fourth-order valence-corrected chi connectivity index (χ4v) is 3.21. The van der Waals surface area contributed by atoms with Crippen molar-refractivity contribution >= 4 is 17.9 Å². The normalized spacial score (nSPS) is 29.3. The minimum Gasteiger partial charge on any atom is -0.481 e. The average molecular weight is 297 g/mol. The number of amides is 3. The Labute approximate surface area is 124 Å². The Hall–Kier alpha value is -1.79. The van der Waals surface area contributed by atoms with E-state index in [0.29, 0.717) is 19.6 Å². The minimum atomic E-state index is -0.848. The van der Waals surface area contributed by atoms with Crippen molar-refractivity contribution in [3.63, 3.8) is 0 Å². The molecule has 0 aromatic carbocycles. The molecule has 21 heavy (non-hydrogen) atoms. The first-order valence-corrected chi connectivity index (χ1v) is 7.42. The molecule has 0 saturated carbocycles.